The van der Waals surface area contributed by atoms with Crippen molar-refractivity contribution in [3.63, 3.8) is 0 Å². The SMILES string of the molecule is O=C(O)CC1CCC(c2ccc(-c3ccc4c(c3)OCCN4C(=O)N(F)c3ccccc3C(F)(F)F)cc2)CC1. The van der Waals surface area contributed by atoms with Crippen LogP contribution in [0.1, 0.15) is 49.1 Å². The minimum absolute atomic E-state index is 0.0246. The number of fused-ring (bicyclic) bond motifs is 1. The number of alkyl halides is 3. The number of carbonyl (C=O) groups is 2. The molecule has 40 heavy (non-hydrogen) atoms. The molecular formula is C30H28F4N2O4. The minimum atomic E-state index is -4.83. The molecule has 6 nitrogen and oxygen atoms in total. The van der Waals surface area contributed by atoms with Crippen LogP contribution < -0.4 is 14.8 Å². The van der Waals surface area contributed by atoms with Crippen molar-refractivity contribution >= 4 is 23.4 Å². The van der Waals surface area contributed by atoms with E-state index in [1.165, 1.54) is 11.6 Å². The van der Waals surface area contributed by atoms with Gasteiger partial charge in [0.05, 0.1) is 23.5 Å². The number of halogens is 4. The highest BCUT2D eigenvalue weighted by molar-refractivity contribution is 6.04. The molecule has 1 saturated carbocycles. The van der Waals surface area contributed by atoms with Crippen LogP contribution in [0.4, 0.5) is 33.8 Å². The van der Waals surface area contributed by atoms with Crippen molar-refractivity contribution in [2.24, 2.45) is 5.92 Å². The number of amides is 2. The first kappa shape index (κ1) is 27.5. The van der Waals surface area contributed by atoms with Gasteiger partial charge in [-0.1, -0.05) is 46.9 Å². The fourth-order valence-electron chi connectivity index (χ4n) is 5.59. The summed E-state index contributed by atoms with van der Waals surface area (Å²) in [6.07, 6.45) is -0.907. The molecular weight excluding hydrogens is 528 g/mol. The van der Waals surface area contributed by atoms with E-state index in [2.05, 4.69) is 12.1 Å². The van der Waals surface area contributed by atoms with Gasteiger partial charge in [-0.25, -0.2) is 4.79 Å². The molecule has 210 valence electrons. The van der Waals surface area contributed by atoms with Crippen LogP contribution in [0.25, 0.3) is 11.1 Å². The van der Waals surface area contributed by atoms with Crippen molar-refractivity contribution in [2.75, 3.05) is 23.2 Å². The number of hydrogen-bond acceptors (Lipinski definition) is 3. The molecule has 2 aliphatic rings. The summed E-state index contributed by atoms with van der Waals surface area (Å²) in [5, 5.41) is 8.55. The summed E-state index contributed by atoms with van der Waals surface area (Å²) in [5.74, 6) is 0.203. The van der Waals surface area contributed by atoms with E-state index in [1.807, 2.05) is 12.1 Å². The van der Waals surface area contributed by atoms with Crippen LogP contribution >= 0.6 is 0 Å². The zero-order valence-electron chi connectivity index (χ0n) is 21.5. The van der Waals surface area contributed by atoms with Crippen LogP contribution in [0.2, 0.25) is 0 Å². The normalized spacial score (nSPS) is 18.9. The second-order valence-corrected chi connectivity index (χ2v) is 10.2. The van der Waals surface area contributed by atoms with E-state index in [-0.39, 0.29) is 31.2 Å². The van der Waals surface area contributed by atoms with Crippen LogP contribution in [0.3, 0.4) is 0 Å². The Balaban J connectivity index is 1.31. The van der Waals surface area contributed by atoms with Gasteiger partial charge in [0.2, 0.25) is 0 Å². The van der Waals surface area contributed by atoms with Crippen LogP contribution in [-0.2, 0) is 11.0 Å². The smallest absolute Gasteiger partial charge is 0.418 e. The minimum Gasteiger partial charge on any atom is -0.490 e. The Bertz CT molecular complexity index is 1390. The quantitative estimate of drug-likeness (QED) is 0.257. The number of carboxylic acids is 1. The molecule has 3 aromatic rings. The summed E-state index contributed by atoms with van der Waals surface area (Å²) in [6.45, 7) is 0.0314. The molecule has 0 radical (unpaired) electrons. The van der Waals surface area contributed by atoms with Gasteiger partial charge in [-0.05, 0) is 78.5 Å². The second-order valence-electron chi connectivity index (χ2n) is 10.2. The van der Waals surface area contributed by atoms with Crippen molar-refractivity contribution in [1.82, 2.24) is 0 Å². The Kier molecular flexibility index (Phi) is 7.69. The first-order valence-electron chi connectivity index (χ1n) is 13.1. The van der Waals surface area contributed by atoms with E-state index in [0.29, 0.717) is 11.7 Å². The lowest BCUT2D eigenvalue weighted by atomic mass is 9.77. The Hall–Kier alpha value is -4.08. The molecule has 5 rings (SSSR count). The number of para-hydroxylation sites is 1. The number of urea groups is 1. The third kappa shape index (κ3) is 5.76. The Labute approximate surface area is 228 Å². The number of anilines is 2. The number of nitrogens with zero attached hydrogens (tertiary/aromatic N) is 2. The number of ether oxygens (including phenoxy) is 1. The van der Waals surface area contributed by atoms with Crippen molar-refractivity contribution in [3.8, 4) is 16.9 Å². The summed E-state index contributed by atoms with van der Waals surface area (Å²) in [7, 11) is 0. The average Bonchev–Trinajstić information content (AvgIpc) is 2.95. The van der Waals surface area contributed by atoms with Gasteiger partial charge in [0.25, 0.3) is 0 Å². The fraction of sp³-hybridized carbons (Fsp3) is 0.333. The van der Waals surface area contributed by atoms with Crippen molar-refractivity contribution in [2.45, 2.75) is 44.2 Å². The van der Waals surface area contributed by atoms with Gasteiger partial charge in [-0.15, -0.1) is 5.12 Å². The van der Waals surface area contributed by atoms with E-state index in [9.17, 15) is 22.8 Å². The van der Waals surface area contributed by atoms with Crippen molar-refractivity contribution in [1.29, 1.82) is 0 Å². The molecule has 0 bridgehead atoms. The van der Waals surface area contributed by atoms with E-state index in [0.717, 1.165) is 59.9 Å². The standard InChI is InChI=1S/C30H28F4N2O4/c31-30(32,33)24-3-1-2-4-25(24)36(34)29(39)35-15-16-40-27-18-23(13-14-26(27)35)22-11-9-21(10-12-22)20-7-5-19(6-8-20)17-28(37)38/h1-4,9-14,18-20H,5-8,15-17H2,(H,37,38). The molecule has 1 aliphatic heterocycles. The zero-order valence-corrected chi connectivity index (χ0v) is 21.5. The molecule has 3 aromatic carbocycles. The molecule has 2 amide bonds. The maximum Gasteiger partial charge on any atom is 0.418 e. The highest BCUT2D eigenvalue weighted by Crippen LogP contribution is 2.41. The number of carbonyl (C=O) groups excluding carboxylic acids is 1. The number of carboxylic acid groups (broad SMARTS) is 1. The Morgan fingerprint density at radius 1 is 0.950 bits per heavy atom. The summed E-state index contributed by atoms with van der Waals surface area (Å²) < 4.78 is 61.0. The lowest BCUT2D eigenvalue weighted by molar-refractivity contribution is -0.138. The van der Waals surface area contributed by atoms with Crippen LogP contribution in [0, 0.1) is 5.92 Å². The first-order chi connectivity index (χ1) is 19.1. The van der Waals surface area contributed by atoms with Crippen LogP contribution in [0.5, 0.6) is 5.75 Å². The molecule has 1 fully saturated rings. The highest BCUT2D eigenvalue weighted by atomic mass is 19.4. The maximum atomic E-state index is 15.1. The number of benzene rings is 3. The van der Waals surface area contributed by atoms with Gasteiger partial charge in [0, 0.05) is 6.42 Å². The summed E-state index contributed by atoms with van der Waals surface area (Å²) in [4.78, 5) is 25.0. The highest BCUT2D eigenvalue weighted by Gasteiger charge is 2.38. The number of hydrogen-bond donors (Lipinski definition) is 1. The molecule has 0 saturated heterocycles. The van der Waals surface area contributed by atoms with E-state index < -0.39 is 34.5 Å². The maximum absolute atomic E-state index is 15.1. The molecule has 1 heterocycles. The average molecular weight is 557 g/mol. The Morgan fingerprint density at radius 3 is 2.30 bits per heavy atom. The lowest BCUT2D eigenvalue weighted by Gasteiger charge is -2.31. The molecule has 0 aromatic heterocycles. The predicted octanol–water partition coefficient (Wildman–Crippen LogP) is 7.83. The van der Waals surface area contributed by atoms with Gasteiger partial charge >= 0.3 is 18.2 Å². The second kappa shape index (κ2) is 11.2. The fourth-order valence-corrected chi connectivity index (χ4v) is 5.59. The van der Waals surface area contributed by atoms with E-state index >= 15 is 4.48 Å². The van der Waals surface area contributed by atoms with Gasteiger partial charge in [-0.2, -0.15) is 13.2 Å². The number of aliphatic carboxylic acids is 1. The molecule has 1 N–H and O–H groups in total. The molecule has 10 heteroatoms. The van der Waals surface area contributed by atoms with E-state index in [1.54, 1.807) is 18.2 Å². The van der Waals surface area contributed by atoms with Gasteiger partial charge in [0.15, 0.2) is 0 Å². The molecule has 0 atom stereocenters. The first-order valence-corrected chi connectivity index (χ1v) is 13.1. The Morgan fingerprint density at radius 2 is 1.62 bits per heavy atom. The summed E-state index contributed by atoms with van der Waals surface area (Å²) in [5.41, 5.74) is 1.06. The van der Waals surface area contributed by atoms with Crippen molar-refractivity contribution < 1.29 is 37.1 Å². The summed E-state index contributed by atoms with van der Waals surface area (Å²) in [6, 6.07) is 16.0. The van der Waals surface area contributed by atoms with E-state index in [4.69, 9.17) is 9.84 Å². The predicted molar refractivity (Wildman–Crippen MR) is 142 cm³/mol. The largest absolute Gasteiger partial charge is 0.490 e. The van der Waals surface area contributed by atoms with Gasteiger partial charge < -0.3 is 9.84 Å². The lowest BCUT2D eigenvalue weighted by Crippen LogP contribution is -2.44. The third-order valence-corrected chi connectivity index (χ3v) is 7.67. The molecule has 1 aliphatic carbocycles. The van der Waals surface area contributed by atoms with Crippen LogP contribution in [0.15, 0.2) is 66.7 Å². The molecule has 0 spiro atoms. The van der Waals surface area contributed by atoms with Crippen molar-refractivity contribution in [3.05, 3.63) is 77.9 Å². The topological polar surface area (TPSA) is 70.1 Å². The third-order valence-electron chi connectivity index (χ3n) is 7.67. The van der Waals surface area contributed by atoms with Crippen LogP contribution in [-0.4, -0.2) is 30.3 Å². The summed E-state index contributed by atoms with van der Waals surface area (Å²) >= 11 is 0. The molecule has 0 unspecified atom stereocenters. The van der Waals surface area contributed by atoms with Gasteiger partial charge in [0.1, 0.15) is 12.4 Å². The van der Waals surface area contributed by atoms with Gasteiger partial charge in [-0.3, -0.25) is 9.69 Å². The zero-order chi connectivity index (χ0) is 28.4. The monoisotopic (exact) mass is 556 g/mol. The number of rotatable bonds is 5.